The molecule has 0 bridgehead atoms. The number of aliphatic hydroxyl groups is 6. The first-order valence-corrected chi connectivity index (χ1v) is 15.9. The van der Waals surface area contributed by atoms with Crippen molar-refractivity contribution in [1.29, 1.82) is 0 Å². The van der Waals surface area contributed by atoms with E-state index in [1.54, 1.807) is 0 Å². The van der Waals surface area contributed by atoms with Crippen LogP contribution in [0.15, 0.2) is 12.7 Å². The molecule has 2 aliphatic rings. The molecule has 18 heteroatoms. The summed E-state index contributed by atoms with van der Waals surface area (Å²) in [5.74, 6) is 12.5. The summed E-state index contributed by atoms with van der Waals surface area (Å²) in [6, 6.07) is 0. The molecular formula is C31H40N10O8. The van der Waals surface area contributed by atoms with Gasteiger partial charge in [-0.3, -0.25) is 9.13 Å². The Kier molecular flexibility index (Phi) is 11.5. The van der Waals surface area contributed by atoms with Crippen molar-refractivity contribution in [2.45, 2.75) is 95.0 Å². The molecule has 6 heterocycles. The largest absolute Gasteiger partial charge is 0.394 e. The number of aromatic nitrogens is 8. The topological polar surface area (TPSA) is 279 Å². The molecule has 0 unspecified atom stereocenters. The van der Waals surface area contributed by atoms with Gasteiger partial charge in [-0.2, -0.15) is 0 Å². The molecule has 4 aromatic heterocycles. The maximum absolute atomic E-state index is 10.2. The van der Waals surface area contributed by atoms with Gasteiger partial charge in [0.1, 0.15) is 47.7 Å². The molecule has 2 aliphatic heterocycles. The van der Waals surface area contributed by atoms with Gasteiger partial charge in [-0.15, -0.1) is 0 Å². The number of rotatable bonds is 7. The number of ether oxygens (including phenoxy) is 2. The minimum Gasteiger partial charge on any atom is -0.394 e. The summed E-state index contributed by atoms with van der Waals surface area (Å²) < 4.78 is 13.9. The molecule has 4 aromatic rings. The summed E-state index contributed by atoms with van der Waals surface area (Å²) in [7, 11) is 0. The van der Waals surface area contributed by atoms with Crippen molar-refractivity contribution >= 4 is 34.0 Å². The Morgan fingerprint density at radius 3 is 1.51 bits per heavy atom. The van der Waals surface area contributed by atoms with Crippen LogP contribution in [-0.2, 0) is 9.47 Å². The van der Waals surface area contributed by atoms with E-state index in [1.165, 1.54) is 21.8 Å². The van der Waals surface area contributed by atoms with Crippen LogP contribution in [0.2, 0.25) is 0 Å². The summed E-state index contributed by atoms with van der Waals surface area (Å²) in [6.45, 7) is 3.28. The van der Waals surface area contributed by atoms with Crippen molar-refractivity contribution in [3.63, 3.8) is 0 Å². The third kappa shape index (κ3) is 7.42. The van der Waals surface area contributed by atoms with Crippen LogP contribution in [0.4, 0.5) is 11.6 Å². The maximum atomic E-state index is 10.2. The summed E-state index contributed by atoms with van der Waals surface area (Å²) in [5.41, 5.74) is 13.2. The zero-order valence-electron chi connectivity index (χ0n) is 27.0. The van der Waals surface area contributed by atoms with Gasteiger partial charge in [-0.1, -0.05) is 32.1 Å². The highest BCUT2D eigenvalue weighted by Gasteiger charge is 2.45. The highest BCUT2D eigenvalue weighted by molar-refractivity contribution is 5.82. The normalized spacial score (nSPS) is 26.2. The molecule has 2 fully saturated rings. The molecule has 0 aromatic carbocycles. The highest BCUT2D eigenvalue weighted by Crippen LogP contribution is 2.33. The van der Waals surface area contributed by atoms with Gasteiger partial charge >= 0.3 is 0 Å². The fourth-order valence-corrected chi connectivity index (χ4v) is 5.25. The first-order valence-electron chi connectivity index (χ1n) is 15.9. The zero-order chi connectivity index (χ0) is 35.2. The first-order chi connectivity index (χ1) is 23.6. The van der Waals surface area contributed by atoms with Crippen molar-refractivity contribution in [3.05, 3.63) is 24.3 Å². The SMILES string of the molecule is CCCC#Cc1nc(N)c2ncn([C@@H]3O[C@H](CO)[C@@H](O)[C@H]3O)c2n1.CCCCC#Cc1nc(N)c2ncn([C@@H]3O[C@H](CO)[C@@H](O)[C@H]3O)c2n1. The fourth-order valence-electron chi connectivity index (χ4n) is 5.25. The Hall–Kier alpha value is -4.50. The number of aliphatic hydroxyl groups excluding tert-OH is 6. The molecule has 49 heavy (non-hydrogen) atoms. The van der Waals surface area contributed by atoms with Gasteiger partial charge in [0, 0.05) is 12.8 Å². The quantitative estimate of drug-likeness (QED) is 0.0834. The Balaban J connectivity index is 0.000000191. The molecule has 0 spiro atoms. The maximum Gasteiger partial charge on any atom is 0.208 e. The average molecular weight is 681 g/mol. The Morgan fingerprint density at radius 2 is 1.12 bits per heavy atom. The Morgan fingerprint density at radius 1 is 0.673 bits per heavy atom. The van der Waals surface area contributed by atoms with Gasteiger partial charge in [0.2, 0.25) is 11.6 Å². The number of fused-ring (bicyclic) bond motifs is 2. The second-order valence-electron chi connectivity index (χ2n) is 11.4. The molecule has 0 amide bonds. The van der Waals surface area contributed by atoms with E-state index in [-0.39, 0.29) is 23.3 Å². The van der Waals surface area contributed by atoms with E-state index in [0.29, 0.717) is 22.3 Å². The van der Waals surface area contributed by atoms with Crippen LogP contribution in [0.3, 0.4) is 0 Å². The second kappa shape index (κ2) is 15.8. The Bertz CT molecular complexity index is 1880. The van der Waals surface area contributed by atoms with E-state index in [2.05, 4.69) is 60.5 Å². The van der Waals surface area contributed by atoms with Gasteiger partial charge in [0.15, 0.2) is 35.4 Å². The van der Waals surface area contributed by atoms with E-state index in [0.717, 1.165) is 32.1 Å². The van der Waals surface area contributed by atoms with Crippen LogP contribution < -0.4 is 11.5 Å². The van der Waals surface area contributed by atoms with Crippen LogP contribution >= 0.6 is 0 Å². The third-order valence-electron chi connectivity index (χ3n) is 7.91. The molecule has 0 aliphatic carbocycles. The van der Waals surface area contributed by atoms with Crippen LogP contribution in [-0.4, -0.2) is 120 Å². The predicted molar refractivity (Wildman–Crippen MR) is 174 cm³/mol. The van der Waals surface area contributed by atoms with Crippen molar-refractivity contribution < 1.29 is 40.1 Å². The van der Waals surface area contributed by atoms with Gasteiger partial charge in [-0.25, -0.2) is 29.9 Å². The number of nitrogens with two attached hydrogens (primary N) is 2. The number of unbranched alkanes of at least 4 members (excludes halogenated alkanes) is 3. The molecular weight excluding hydrogens is 640 g/mol. The summed E-state index contributed by atoms with van der Waals surface area (Å²) in [6.07, 6.45) is -1.29. The number of nitrogens with zero attached hydrogens (tertiary/aromatic N) is 8. The lowest BCUT2D eigenvalue weighted by Crippen LogP contribution is -2.33. The molecule has 0 saturated carbocycles. The van der Waals surface area contributed by atoms with Crippen molar-refractivity contribution in [2.75, 3.05) is 24.7 Å². The van der Waals surface area contributed by atoms with Crippen LogP contribution in [0.5, 0.6) is 0 Å². The average Bonchev–Trinajstić information content (AvgIpc) is 3.85. The number of imidazole rings is 2. The number of hydrogen-bond acceptors (Lipinski definition) is 16. The number of hydrogen-bond donors (Lipinski definition) is 8. The molecule has 2 saturated heterocycles. The van der Waals surface area contributed by atoms with Gasteiger partial charge < -0.3 is 51.6 Å². The molecule has 8 atom stereocenters. The molecule has 0 radical (unpaired) electrons. The summed E-state index contributed by atoms with van der Waals surface area (Å²) >= 11 is 0. The van der Waals surface area contributed by atoms with Crippen molar-refractivity contribution in [3.8, 4) is 23.7 Å². The van der Waals surface area contributed by atoms with Gasteiger partial charge in [0.25, 0.3) is 0 Å². The lowest BCUT2D eigenvalue weighted by Gasteiger charge is -2.16. The standard InChI is InChI=1S/C16H21N5O4.C15H19N5O4/c1-2-3-4-5-6-10-19-14(17)11-15(20-10)21(8-18-11)16-13(24)12(23)9(7-22)25-16;1-2-3-4-5-9-18-13(16)10-14(19-9)20(7-17-10)15-12(23)11(22)8(6-21)24-15/h8-9,12-13,16,22-24H,2-4,7H2,1H3,(H2,17,19,20);7-8,11-12,15,21-23H,2-3,6H2,1H3,(H2,16,18,19)/t9-,12-,13-,16-;8-,11-,12-,15-/m11/s1. The number of anilines is 2. The van der Waals surface area contributed by atoms with Gasteiger partial charge in [0.05, 0.1) is 25.9 Å². The predicted octanol–water partition coefficient (Wildman–Crippen LogP) is -1.27. The Labute approximate surface area is 280 Å². The minimum absolute atomic E-state index is 0.172. The molecule has 10 N–H and O–H groups in total. The molecule has 6 rings (SSSR count). The zero-order valence-corrected chi connectivity index (χ0v) is 27.0. The van der Waals surface area contributed by atoms with Crippen molar-refractivity contribution in [2.24, 2.45) is 0 Å². The van der Waals surface area contributed by atoms with Crippen molar-refractivity contribution in [1.82, 2.24) is 39.0 Å². The van der Waals surface area contributed by atoms with E-state index in [9.17, 15) is 30.6 Å². The molecule has 18 nitrogen and oxygen atoms in total. The van der Waals surface area contributed by atoms with E-state index in [1.807, 2.05) is 6.92 Å². The van der Waals surface area contributed by atoms with Crippen LogP contribution in [0.1, 0.15) is 70.1 Å². The summed E-state index contributed by atoms with van der Waals surface area (Å²) in [5, 5.41) is 58.6. The first kappa shape index (κ1) is 35.8. The van der Waals surface area contributed by atoms with Crippen LogP contribution in [0, 0.1) is 23.7 Å². The van der Waals surface area contributed by atoms with Crippen LogP contribution in [0.25, 0.3) is 22.3 Å². The fraction of sp³-hybridized carbons (Fsp3) is 0.548. The van der Waals surface area contributed by atoms with E-state index >= 15 is 0 Å². The van der Waals surface area contributed by atoms with E-state index < -0.39 is 62.3 Å². The van der Waals surface area contributed by atoms with E-state index in [4.69, 9.17) is 20.9 Å². The molecule has 262 valence electrons. The second-order valence-corrected chi connectivity index (χ2v) is 11.4. The summed E-state index contributed by atoms with van der Waals surface area (Å²) in [4.78, 5) is 25.2. The lowest BCUT2D eigenvalue weighted by molar-refractivity contribution is -0.0511. The number of nitrogen functional groups attached to an aromatic ring is 2. The smallest absolute Gasteiger partial charge is 0.208 e. The van der Waals surface area contributed by atoms with Gasteiger partial charge in [-0.05, 0) is 24.7 Å². The third-order valence-corrected chi connectivity index (χ3v) is 7.91. The lowest BCUT2D eigenvalue weighted by atomic mass is 10.1. The minimum atomic E-state index is -1.23. The monoisotopic (exact) mass is 680 g/mol. The highest BCUT2D eigenvalue weighted by atomic mass is 16.6.